The molecule has 186 valence electrons. The number of anilines is 2. The first-order valence-electron chi connectivity index (χ1n) is 11.9. The summed E-state index contributed by atoms with van der Waals surface area (Å²) in [7, 11) is -3.15. The molecule has 1 atom stereocenters. The first kappa shape index (κ1) is 23.8. The van der Waals surface area contributed by atoms with Crippen molar-refractivity contribution in [2.24, 2.45) is 0 Å². The normalized spacial score (nSPS) is 19.7. The molecular weight excluding hydrogens is 468 g/mol. The van der Waals surface area contributed by atoms with Crippen LogP contribution in [0.1, 0.15) is 6.92 Å². The summed E-state index contributed by atoms with van der Waals surface area (Å²) in [5.41, 5.74) is 3.08. The lowest BCUT2D eigenvalue weighted by molar-refractivity contribution is 0.0372. The third-order valence-corrected chi connectivity index (χ3v) is 8.20. The van der Waals surface area contributed by atoms with Crippen LogP contribution in [0, 0.1) is 0 Å². The molecule has 0 saturated carbocycles. The van der Waals surface area contributed by atoms with E-state index in [2.05, 4.69) is 30.5 Å². The average Bonchev–Trinajstić information content (AvgIpc) is 2.92. The van der Waals surface area contributed by atoms with E-state index in [1.54, 1.807) is 29.8 Å². The van der Waals surface area contributed by atoms with Gasteiger partial charge in [0.2, 0.25) is 10.0 Å². The molecule has 0 radical (unpaired) electrons. The third kappa shape index (κ3) is 5.35. The molecule has 0 aliphatic carbocycles. The number of nitrogens with one attached hydrogen (secondary N) is 2. The maximum atomic E-state index is 12.1. The molecule has 0 amide bonds. The van der Waals surface area contributed by atoms with Crippen LogP contribution in [0.5, 0.6) is 0 Å². The van der Waals surface area contributed by atoms with Gasteiger partial charge in [-0.2, -0.15) is 4.31 Å². The molecule has 11 nitrogen and oxygen atoms in total. The molecule has 5 heterocycles. The molecule has 12 heteroatoms. The smallest absolute Gasteiger partial charge is 0.213 e. The van der Waals surface area contributed by atoms with Gasteiger partial charge in [0.15, 0.2) is 5.82 Å². The van der Waals surface area contributed by atoms with E-state index in [1.807, 2.05) is 18.2 Å². The number of hydrogen-bond donors (Lipinski definition) is 2. The second-order valence-electron chi connectivity index (χ2n) is 8.55. The summed E-state index contributed by atoms with van der Waals surface area (Å²) < 4.78 is 31.6. The number of ether oxygens (including phenoxy) is 1. The molecular formula is C23H30N8O3S. The summed E-state index contributed by atoms with van der Waals surface area (Å²) in [4.78, 5) is 20.5. The van der Waals surface area contributed by atoms with E-state index in [9.17, 15) is 8.42 Å². The maximum Gasteiger partial charge on any atom is 0.213 e. The van der Waals surface area contributed by atoms with Crippen molar-refractivity contribution in [1.29, 1.82) is 0 Å². The molecule has 0 spiro atoms. The fourth-order valence-electron chi connectivity index (χ4n) is 4.31. The van der Waals surface area contributed by atoms with Gasteiger partial charge in [-0.3, -0.25) is 4.98 Å². The topological polar surface area (TPSA) is 125 Å². The van der Waals surface area contributed by atoms with E-state index in [-0.39, 0.29) is 11.9 Å². The number of morpholine rings is 1. The predicted octanol–water partition coefficient (Wildman–Crippen LogP) is 0.959. The summed E-state index contributed by atoms with van der Waals surface area (Å²) in [5, 5.41) is 6.72. The molecule has 2 fully saturated rings. The fourth-order valence-corrected chi connectivity index (χ4v) is 5.39. The van der Waals surface area contributed by atoms with Crippen LogP contribution in [0.2, 0.25) is 0 Å². The van der Waals surface area contributed by atoms with Crippen molar-refractivity contribution in [1.82, 2.24) is 29.6 Å². The Hall–Kier alpha value is -2.93. The van der Waals surface area contributed by atoms with Crippen LogP contribution in [0.4, 0.5) is 11.6 Å². The molecule has 3 aromatic heterocycles. The second-order valence-corrected chi connectivity index (χ2v) is 10.8. The zero-order chi connectivity index (χ0) is 24.3. The zero-order valence-corrected chi connectivity index (χ0v) is 20.5. The minimum Gasteiger partial charge on any atom is -0.374 e. The van der Waals surface area contributed by atoms with Crippen molar-refractivity contribution >= 4 is 32.7 Å². The van der Waals surface area contributed by atoms with E-state index in [1.165, 1.54) is 0 Å². The van der Waals surface area contributed by atoms with E-state index in [0.717, 1.165) is 35.7 Å². The van der Waals surface area contributed by atoms with Gasteiger partial charge >= 0.3 is 0 Å². The zero-order valence-electron chi connectivity index (χ0n) is 19.7. The number of nitrogens with zero attached hydrogens (tertiary/aromatic N) is 6. The highest BCUT2D eigenvalue weighted by molar-refractivity contribution is 7.89. The molecule has 0 unspecified atom stereocenters. The van der Waals surface area contributed by atoms with Gasteiger partial charge in [-0.1, -0.05) is 0 Å². The first-order chi connectivity index (χ1) is 17.0. The van der Waals surface area contributed by atoms with Gasteiger partial charge in [-0.05, 0) is 25.1 Å². The lowest BCUT2D eigenvalue weighted by Crippen LogP contribution is -2.49. The molecule has 5 rings (SSSR count). The number of aromatic nitrogens is 4. The van der Waals surface area contributed by atoms with Crippen LogP contribution in [0.15, 0.2) is 36.8 Å². The largest absolute Gasteiger partial charge is 0.374 e. The fraction of sp³-hybridized carbons (Fsp3) is 0.478. The van der Waals surface area contributed by atoms with Crippen LogP contribution in [0.25, 0.3) is 22.3 Å². The van der Waals surface area contributed by atoms with Crippen LogP contribution in [0.3, 0.4) is 0 Å². The molecule has 35 heavy (non-hydrogen) atoms. The Labute approximate surface area is 205 Å². The Bertz CT molecular complexity index is 1260. The van der Waals surface area contributed by atoms with Gasteiger partial charge in [0.25, 0.3) is 0 Å². The summed E-state index contributed by atoms with van der Waals surface area (Å²) >= 11 is 0. The number of hydrogen-bond acceptors (Lipinski definition) is 10. The molecule has 2 N–H and O–H groups in total. The van der Waals surface area contributed by atoms with Crippen LogP contribution < -0.4 is 15.5 Å². The van der Waals surface area contributed by atoms with Crippen LogP contribution in [-0.4, -0.2) is 96.9 Å². The summed E-state index contributed by atoms with van der Waals surface area (Å²) in [6.07, 6.45) is 5.20. The molecule has 2 saturated heterocycles. The molecule has 0 aromatic carbocycles. The standard InChI is InChI=1S/C23H30N8O3S/c1-2-35(32,33)31-10-8-30(9-11-31)21-4-3-17(14-27-21)19-13-20-22(26-6-5-25-20)23(29-19)28-16-18-15-24-7-12-34-18/h3-6,13-14,18,24H,2,7-12,15-16H2,1H3,(H,28,29)/t18-/m0/s1. The highest BCUT2D eigenvalue weighted by atomic mass is 32.2. The predicted molar refractivity (Wildman–Crippen MR) is 135 cm³/mol. The molecule has 2 aliphatic rings. The van der Waals surface area contributed by atoms with Gasteiger partial charge in [0.1, 0.15) is 11.3 Å². The minimum absolute atomic E-state index is 0.0645. The quantitative estimate of drug-likeness (QED) is 0.486. The van der Waals surface area contributed by atoms with Crippen molar-refractivity contribution in [3.63, 3.8) is 0 Å². The summed E-state index contributed by atoms with van der Waals surface area (Å²) in [6.45, 7) is 6.82. The Morgan fingerprint density at radius 2 is 1.97 bits per heavy atom. The Balaban J connectivity index is 1.33. The lowest BCUT2D eigenvalue weighted by Gasteiger charge is -2.34. The summed E-state index contributed by atoms with van der Waals surface area (Å²) in [5.74, 6) is 1.62. The highest BCUT2D eigenvalue weighted by Gasteiger charge is 2.26. The van der Waals surface area contributed by atoms with Crippen LogP contribution in [-0.2, 0) is 14.8 Å². The summed E-state index contributed by atoms with van der Waals surface area (Å²) in [6, 6.07) is 5.85. The first-order valence-corrected chi connectivity index (χ1v) is 13.5. The molecule has 2 aliphatic heterocycles. The SMILES string of the molecule is CCS(=O)(=O)N1CCN(c2ccc(-c3cc4nccnc4c(NC[C@@H]4CNCCO4)n3)cn2)CC1. The maximum absolute atomic E-state index is 12.1. The lowest BCUT2D eigenvalue weighted by atomic mass is 10.1. The number of piperazine rings is 1. The average molecular weight is 499 g/mol. The van der Waals surface area contributed by atoms with E-state index in [4.69, 9.17) is 9.72 Å². The van der Waals surface area contributed by atoms with Gasteiger partial charge in [0.05, 0.1) is 29.7 Å². The van der Waals surface area contributed by atoms with Gasteiger partial charge in [-0.25, -0.2) is 23.4 Å². The van der Waals surface area contributed by atoms with Crippen molar-refractivity contribution in [3.8, 4) is 11.3 Å². The number of fused-ring (bicyclic) bond motifs is 1. The third-order valence-electron chi connectivity index (χ3n) is 6.32. The van der Waals surface area contributed by atoms with E-state index in [0.29, 0.717) is 50.7 Å². The van der Waals surface area contributed by atoms with Crippen molar-refractivity contribution in [3.05, 3.63) is 36.8 Å². The van der Waals surface area contributed by atoms with Gasteiger partial charge in [-0.15, -0.1) is 0 Å². The Morgan fingerprint density at radius 1 is 1.14 bits per heavy atom. The molecule has 0 bridgehead atoms. The number of pyridine rings is 2. The van der Waals surface area contributed by atoms with E-state index >= 15 is 0 Å². The number of rotatable bonds is 7. The van der Waals surface area contributed by atoms with Crippen molar-refractivity contribution in [2.45, 2.75) is 13.0 Å². The second kappa shape index (κ2) is 10.4. The Morgan fingerprint density at radius 3 is 2.69 bits per heavy atom. The Kier molecular flexibility index (Phi) is 7.04. The van der Waals surface area contributed by atoms with Crippen LogP contribution >= 0.6 is 0 Å². The number of sulfonamides is 1. The highest BCUT2D eigenvalue weighted by Crippen LogP contribution is 2.26. The van der Waals surface area contributed by atoms with Gasteiger partial charge < -0.3 is 20.3 Å². The van der Waals surface area contributed by atoms with Crippen molar-refractivity contribution in [2.75, 3.05) is 68.4 Å². The molecule has 3 aromatic rings. The van der Waals surface area contributed by atoms with Crippen molar-refractivity contribution < 1.29 is 13.2 Å². The minimum atomic E-state index is -3.15. The monoisotopic (exact) mass is 498 g/mol. The van der Waals surface area contributed by atoms with E-state index < -0.39 is 10.0 Å². The van der Waals surface area contributed by atoms with Gasteiger partial charge in [0, 0.05) is 70.0 Å².